The standard InChI is InChI=1S/C20H21N3O2S2/c1-4-17(26-14-11-9-13(2)10-12-14)18(24)21-20-23-22-19(27-20)15-7-5-6-8-16(15)25-3/h5-12,17H,4H2,1-3H3,(H,21,23,24). The van der Waals surface area contributed by atoms with E-state index >= 15 is 0 Å². The molecule has 1 amide bonds. The predicted molar refractivity (Wildman–Crippen MR) is 112 cm³/mol. The van der Waals surface area contributed by atoms with Crippen LogP contribution < -0.4 is 10.1 Å². The fraction of sp³-hybridized carbons (Fsp3) is 0.250. The number of aryl methyl sites for hydroxylation is 1. The van der Waals surface area contributed by atoms with Gasteiger partial charge in [-0.1, -0.05) is 48.1 Å². The minimum atomic E-state index is -0.189. The van der Waals surface area contributed by atoms with E-state index in [9.17, 15) is 4.79 Å². The molecule has 0 aliphatic carbocycles. The Hall–Kier alpha value is -2.38. The van der Waals surface area contributed by atoms with Gasteiger partial charge < -0.3 is 4.74 Å². The zero-order valence-corrected chi connectivity index (χ0v) is 17.1. The van der Waals surface area contributed by atoms with Crippen LogP contribution in [0.2, 0.25) is 0 Å². The number of anilines is 1. The Balaban J connectivity index is 1.70. The fourth-order valence-electron chi connectivity index (χ4n) is 2.49. The number of hydrogen-bond acceptors (Lipinski definition) is 6. The monoisotopic (exact) mass is 399 g/mol. The minimum absolute atomic E-state index is 0.0641. The maximum absolute atomic E-state index is 12.7. The van der Waals surface area contributed by atoms with Crippen molar-refractivity contribution in [2.75, 3.05) is 12.4 Å². The van der Waals surface area contributed by atoms with Crippen LogP contribution in [0.25, 0.3) is 10.6 Å². The largest absolute Gasteiger partial charge is 0.496 e. The van der Waals surface area contributed by atoms with Crippen molar-refractivity contribution in [3.8, 4) is 16.3 Å². The van der Waals surface area contributed by atoms with Crippen LogP contribution in [0, 0.1) is 6.92 Å². The Bertz CT molecular complexity index is 910. The van der Waals surface area contributed by atoms with Gasteiger partial charge in [-0.3, -0.25) is 10.1 Å². The molecule has 0 radical (unpaired) electrons. The van der Waals surface area contributed by atoms with Crippen LogP contribution in [0.3, 0.4) is 0 Å². The lowest BCUT2D eigenvalue weighted by molar-refractivity contribution is -0.115. The predicted octanol–water partition coefficient (Wildman–Crippen LogP) is 5.03. The number of carbonyl (C=O) groups excluding carboxylic acids is 1. The molecule has 27 heavy (non-hydrogen) atoms. The van der Waals surface area contributed by atoms with Gasteiger partial charge in [-0.05, 0) is 37.6 Å². The minimum Gasteiger partial charge on any atom is -0.496 e. The van der Waals surface area contributed by atoms with Crippen molar-refractivity contribution < 1.29 is 9.53 Å². The molecule has 0 fully saturated rings. The van der Waals surface area contributed by atoms with Gasteiger partial charge in [0.05, 0.1) is 17.9 Å². The third-order valence-corrected chi connectivity index (χ3v) is 6.20. The zero-order valence-electron chi connectivity index (χ0n) is 15.4. The molecule has 1 atom stereocenters. The molecule has 0 aliphatic rings. The Morgan fingerprint density at radius 2 is 1.93 bits per heavy atom. The average molecular weight is 400 g/mol. The smallest absolute Gasteiger partial charge is 0.239 e. The SMILES string of the molecule is CCC(Sc1ccc(C)cc1)C(=O)Nc1nnc(-c2ccccc2OC)s1. The van der Waals surface area contributed by atoms with Crippen LogP contribution in [0.1, 0.15) is 18.9 Å². The number of rotatable bonds is 7. The number of carbonyl (C=O) groups is 1. The van der Waals surface area contributed by atoms with Gasteiger partial charge in [0.15, 0.2) is 5.01 Å². The summed E-state index contributed by atoms with van der Waals surface area (Å²) in [6, 6.07) is 15.8. The number of benzene rings is 2. The third-order valence-electron chi connectivity index (χ3n) is 3.96. The summed E-state index contributed by atoms with van der Waals surface area (Å²) in [7, 11) is 1.62. The summed E-state index contributed by atoms with van der Waals surface area (Å²) >= 11 is 2.89. The second-order valence-electron chi connectivity index (χ2n) is 5.93. The summed E-state index contributed by atoms with van der Waals surface area (Å²) in [6.07, 6.45) is 0.725. The lowest BCUT2D eigenvalue weighted by atomic mass is 10.2. The van der Waals surface area contributed by atoms with Gasteiger partial charge >= 0.3 is 0 Å². The molecule has 7 heteroatoms. The summed E-state index contributed by atoms with van der Waals surface area (Å²) in [5.41, 5.74) is 2.06. The maximum Gasteiger partial charge on any atom is 0.239 e. The highest BCUT2D eigenvalue weighted by Gasteiger charge is 2.20. The summed E-state index contributed by atoms with van der Waals surface area (Å²) in [5, 5.41) is 12.2. The molecule has 3 aromatic rings. The number of para-hydroxylation sites is 1. The Kier molecular flexibility index (Phi) is 6.47. The van der Waals surface area contributed by atoms with Crippen LogP contribution in [-0.4, -0.2) is 28.5 Å². The molecule has 1 aromatic heterocycles. The van der Waals surface area contributed by atoms with Crippen LogP contribution in [0.5, 0.6) is 5.75 Å². The van der Waals surface area contributed by atoms with Crippen LogP contribution >= 0.6 is 23.1 Å². The molecular weight excluding hydrogens is 378 g/mol. The first-order valence-corrected chi connectivity index (χ1v) is 10.3. The maximum atomic E-state index is 12.7. The number of thioether (sulfide) groups is 1. The third kappa shape index (κ3) is 4.87. The number of amides is 1. The highest BCUT2D eigenvalue weighted by molar-refractivity contribution is 8.00. The van der Waals surface area contributed by atoms with Crippen molar-refractivity contribution in [2.24, 2.45) is 0 Å². The lowest BCUT2D eigenvalue weighted by Crippen LogP contribution is -2.24. The first-order chi connectivity index (χ1) is 13.1. The lowest BCUT2D eigenvalue weighted by Gasteiger charge is -2.13. The van der Waals surface area contributed by atoms with Gasteiger partial charge in [-0.25, -0.2) is 0 Å². The Morgan fingerprint density at radius 1 is 1.19 bits per heavy atom. The van der Waals surface area contributed by atoms with Crippen LogP contribution in [0.15, 0.2) is 53.4 Å². The molecule has 0 saturated carbocycles. The van der Waals surface area contributed by atoms with E-state index in [1.54, 1.807) is 18.9 Å². The quantitative estimate of drug-likeness (QED) is 0.565. The van der Waals surface area contributed by atoms with Crippen LogP contribution in [0.4, 0.5) is 5.13 Å². The van der Waals surface area contributed by atoms with E-state index < -0.39 is 0 Å². The van der Waals surface area contributed by atoms with E-state index in [-0.39, 0.29) is 11.2 Å². The van der Waals surface area contributed by atoms with Crippen LogP contribution in [-0.2, 0) is 4.79 Å². The molecule has 0 aliphatic heterocycles. The van der Waals surface area contributed by atoms with E-state index in [1.807, 2.05) is 50.2 Å². The van der Waals surface area contributed by atoms with Crippen molar-refractivity contribution in [3.05, 3.63) is 54.1 Å². The van der Waals surface area contributed by atoms with Crippen molar-refractivity contribution in [1.82, 2.24) is 10.2 Å². The van der Waals surface area contributed by atoms with E-state index in [0.29, 0.717) is 10.1 Å². The Morgan fingerprint density at radius 3 is 2.63 bits per heavy atom. The molecule has 0 spiro atoms. The van der Waals surface area contributed by atoms with E-state index in [2.05, 4.69) is 27.6 Å². The van der Waals surface area contributed by atoms with E-state index in [0.717, 1.165) is 22.6 Å². The second kappa shape index (κ2) is 9.01. The van der Waals surface area contributed by atoms with Gasteiger partial charge in [0, 0.05) is 4.90 Å². The molecule has 0 saturated heterocycles. The summed E-state index contributed by atoms with van der Waals surface area (Å²) in [5.74, 6) is 0.665. The average Bonchev–Trinajstić information content (AvgIpc) is 3.15. The molecule has 3 rings (SSSR count). The number of hydrogen-bond donors (Lipinski definition) is 1. The number of methoxy groups -OCH3 is 1. The second-order valence-corrected chi connectivity index (χ2v) is 8.18. The van der Waals surface area contributed by atoms with E-state index in [4.69, 9.17) is 4.74 Å². The highest BCUT2D eigenvalue weighted by Crippen LogP contribution is 2.34. The van der Waals surface area contributed by atoms with Gasteiger partial charge in [0.1, 0.15) is 5.75 Å². The molecule has 140 valence electrons. The van der Waals surface area contributed by atoms with Gasteiger partial charge in [-0.2, -0.15) is 0 Å². The fourth-order valence-corrected chi connectivity index (χ4v) is 4.22. The molecule has 1 unspecified atom stereocenters. The van der Waals surface area contributed by atoms with Gasteiger partial charge in [-0.15, -0.1) is 22.0 Å². The molecule has 1 N–H and O–H groups in total. The number of nitrogens with zero attached hydrogens (tertiary/aromatic N) is 2. The van der Waals surface area contributed by atoms with Crippen molar-refractivity contribution >= 4 is 34.1 Å². The molecule has 1 heterocycles. The highest BCUT2D eigenvalue weighted by atomic mass is 32.2. The van der Waals surface area contributed by atoms with Crippen molar-refractivity contribution in [2.45, 2.75) is 30.4 Å². The summed E-state index contributed by atoms with van der Waals surface area (Å²) in [6.45, 7) is 4.05. The summed E-state index contributed by atoms with van der Waals surface area (Å²) < 4.78 is 5.37. The first-order valence-electron chi connectivity index (χ1n) is 8.61. The van der Waals surface area contributed by atoms with Crippen molar-refractivity contribution in [3.63, 3.8) is 0 Å². The molecular formula is C20H21N3O2S2. The van der Waals surface area contributed by atoms with Crippen molar-refractivity contribution in [1.29, 1.82) is 0 Å². The zero-order chi connectivity index (χ0) is 19.2. The van der Waals surface area contributed by atoms with E-state index in [1.165, 1.54) is 16.9 Å². The molecule has 0 bridgehead atoms. The van der Waals surface area contributed by atoms with Gasteiger partial charge in [0.2, 0.25) is 11.0 Å². The Labute approximate surface area is 167 Å². The number of nitrogens with one attached hydrogen (secondary N) is 1. The summed E-state index contributed by atoms with van der Waals surface area (Å²) in [4.78, 5) is 13.7. The topological polar surface area (TPSA) is 64.1 Å². The first kappa shape index (κ1) is 19.4. The van der Waals surface area contributed by atoms with Gasteiger partial charge in [0.25, 0.3) is 0 Å². The normalized spacial score (nSPS) is 11.8. The number of ether oxygens (including phenoxy) is 1. The number of aromatic nitrogens is 2. The molecule has 5 nitrogen and oxygen atoms in total. The molecule has 2 aromatic carbocycles.